The van der Waals surface area contributed by atoms with E-state index in [0.717, 1.165) is 31.5 Å². The molecule has 39 heavy (non-hydrogen) atoms. The van der Waals surface area contributed by atoms with Crippen LogP contribution in [-0.2, 0) is 25.6 Å². The van der Waals surface area contributed by atoms with Crippen LogP contribution in [0.3, 0.4) is 0 Å². The molecule has 5 atom stereocenters. The van der Waals surface area contributed by atoms with E-state index in [0.29, 0.717) is 18.7 Å². The number of halogens is 1. The molecule has 2 bridgehead atoms. The van der Waals surface area contributed by atoms with Crippen LogP contribution >= 0.6 is 0 Å². The first kappa shape index (κ1) is 27.4. The van der Waals surface area contributed by atoms with Crippen LogP contribution < -0.4 is 15.4 Å². The van der Waals surface area contributed by atoms with Gasteiger partial charge in [-0.05, 0) is 50.8 Å². The highest BCUT2D eigenvalue weighted by atomic mass is 19.1. The van der Waals surface area contributed by atoms with Crippen LogP contribution in [0.5, 0.6) is 5.75 Å². The summed E-state index contributed by atoms with van der Waals surface area (Å²) in [5.41, 5.74) is 0.767. The molecule has 4 heterocycles. The van der Waals surface area contributed by atoms with Crippen molar-refractivity contribution in [3.05, 3.63) is 29.8 Å². The van der Waals surface area contributed by atoms with Crippen molar-refractivity contribution in [2.24, 2.45) is 0 Å². The summed E-state index contributed by atoms with van der Waals surface area (Å²) in [7, 11) is 0. The predicted octanol–water partition coefficient (Wildman–Crippen LogP) is 0.635. The van der Waals surface area contributed by atoms with Gasteiger partial charge in [-0.25, -0.2) is 4.39 Å². The average molecular weight is 544 g/mol. The van der Waals surface area contributed by atoms with Crippen molar-refractivity contribution >= 4 is 23.6 Å². The number of ether oxygens (including phenoxy) is 1. The number of fused-ring (bicyclic) bond motifs is 3. The molecule has 4 aliphatic rings. The number of benzene rings is 1. The van der Waals surface area contributed by atoms with Gasteiger partial charge in [-0.1, -0.05) is 12.1 Å². The van der Waals surface area contributed by atoms with E-state index in [1.807, 2.05) is 18.7 Å². The highest BCUT2D eigenvalue weighted by Crippen LogP contribution is 2.27. The fraction of sp³-hybridized carbons (Fsp3) is 0.643. The molecular formula is C28H38FN5O5. The number of likely N-dealkylation sites (tertiary alicyclic amines) is 2. The Bertz CT molecular complexity index is 1090. The Hall–Kier alpha value is -3.21. The lowest BCUT2D eigenvalue weighted by Gasteiger charge is -2.32. The molecule has 4 aliphatic heterocycles. The Morgan fingerprint density at radius 3 is 2.38 bits per heavy atom. The minimum atomic E-state index is -1.30. The van der Waals surface area contributed by atoms with Crippen molar-refractivity contribution < 1.29 is 28.3 Å². The van der Waals surface area contributed by atoms with E-state index in [9.17, 15) is 23.6 Å². The summed E-state index contributed by atoms with van der Waals surface area (Å²) in [4.78, 5) is 57.6. The molecule has 0 spiro atoms. The highest BCUT2D eigenvalue weighted by molar-refractivity contribution is 5.94. The molecule has 212 valence electrons. The van der Waals surface area contributed by atoms with Gasteiger partial charge in [0.2, 0.25) is 17.7 Å². The second kappa shape index (κ2) is 11.5. The van der Waals surface area contributed by atoms with E-state index in [4.69, 9.17) is 4.74 Å². The van der Waals surface area contributed by atoms with Gasteiger partial charge in [0.25, 0.3) is 5.91 Å². The van der Waals surface area contributed by atoms with E-state index in [2.05, 4.69) is 10.6 Å². The number of carbonyl (C=O) groups excluding carboxylic acids is 4. The quantitative estimate of drug-likeness (QED) is 0.545. The number of alkyl halides is 1. The monoisotopic (exact) mass is 543 g/mol. The van der Waals surface area contributed by atoms with Crippen LogP contribution in [0.25, 0.3) is 0 Å². The minimum absolute atomic E-state index is 0.0337. The zero-order valence-electron chi connectivity index (χ0n) is 22.6. The van der Waals surface area contributed by atoms with Gasteiger partial charge in [0.05, 0.1) is 12.6 Å². The summed E-state index contributed by atoms with van der Waals surface area (Å²) < 4.78 is 20.1. The lowest BCUT2D eigenvalue weighted by atomic mass is 10.0. The lowest BCUT2D eigenvalue weighted by Crippen LogP contribution is -2.57. The number of carbonyl (C=O) groups is 4. The number of nitrogens with one attached hydrogen (secondary N) is 2. The van der Waals surface area contributed by atoms with Gasteiger partial charge in [0.15, 0.2) is 6.61 Å². The highest BCUT2D eigenvalue weighted by Gasteiger charge is 2.46. The van der Waals surface area contributed by atoms with E-state index >= 15 is 0 Å². The second-order valence-electron chi connectivity index (χ2n) is 11.4. The summed E-state index contributed by atoms with van der Waals surface area (Å²) >= 11 is 0. The van der Waals surface area contributed by atoms with Gasteiger partial charge >= 0.3 is 0 Å². The first-order chi connectivity index (χ1) is 18.7. The second-order valence-corrected chi connectivity index (χ2v) is 11.4. The standard InChI is InChI=1S/C28H38FN5O5/c1-17(2)33-15-20-13-24(33)27(37)31-22(28(38)34-14-19(29)12-23(34)26(36)30-20)11-18-5-7-21(8-6-18)39-16-25(35)32-9-3-4-10-32/h5-8,17,19-20,22-24H,3-4,9-16H2,1-2H3,(H,30,36)(H,31,37)/t19-,20+,22-,23-,24-/m0/s1. The molecule has 0 radical (unpaired) electrons. The zero-order valence-corrected chi connectivity index (χ0v) is 22.6. The summed E-state index contributed by atoms with van der Waals surface area (Å²) in [6, 6.07) is 4.54. The Kier molecular flexibility index (Phi) is 8.06. The summed E-state index contributed by atoms with van der Waals surface area (Å²) in [6.45, 7) is 5.83. The van der Waals surface area contributed by atoms with Crippen molar-refractivity contribution in [1.29, 1.82) is 0 Å². The van der Waals surface area contributed by atoms with Gasteiger partial charge in [0, 0.05) is 44.6 Å². The first-order valence-corrected chi connectivity index (χ1v) is 14.0. The minimum Gasteiger partial charge on any atom is -0.484 e. The smallest absolute Gasteiger partial charge is 0.260 e. The topological polar surface area (TPSA) is 111 Å². The molecule has 10 nitrogen and oxygen atoms in total. The average Bonchev–Trinajstić information content (AvgIpc) is 3.67. The fourth-order valence-electron chi connectivity index (χ4n) is 6.20. The number of rotatable bonds is 6. The number of nitrogens with zero attached hydrogens (tertiary/aromatic N) is 3. The number of hydrogen-bond acceptors (Lipinski definition) is 6. The van der Waals surface area contributed by atoms with Gasteiger partial charge in [0.1, 0.15) is 24.0 Å². The summed E-state index contributed by atoms with van der Waals surface area (Å²) in [5.74, 6) is -0.605. The van der Waals surface area contributed by atoms with Crippen LogP contribution in [0.1, 0.15) is 45.1 Å². The maximum absolute atomic E-state index is 14.5. The molecule has 0 aliphatic carbocycles. The third-order valence-electron chi connectivity index (χ3n) is 8.29. The fourth-order valence-corrected chi connectivity index (χ4v) is 6.20. The van der Waals surface area contributed by atoms with Gasteiger partial charge < -0.3 is 25.2 Å². The molecule has 0 aromatic heterocycles. The third kappa shape index (κ3) is 6.03. The molecule has 1 aromatic rings. The molecule has 4 fully saturated rings. The summed E-state index contributed by atoms with van der Waals surface area (Å²) in [6.07, 6.45) is 1.30. The van der Waals surface area contributed by atoms with Crippen molar-refractivity contribution in [3.63, 3.8) is 0 Å². The molecule has 1 aromatic carbocycles. The van der Waals surface area contributed by atoms with Crippen molar-refractivity contribution in [1.82, 2.24) is 25.3 Å². The van der Waals surface area contributed by atoms with Crippen molar-refractivity contribution in [2.45, 2.75) is 82.3 Å². The Balaban J connectivity index is 1.32. The van der Waals surface area contributed by atoms with Crippen LogP contribution in [0, 0.1) is 0 Å². The Labute approximate surface area is 228 Å². The molecular weight excluding hydrogens is 505 g/mol. The maximum atomic E-state index is 14.5. The number of hydrogen-bond donors (Lipinski definition) is 2. The number of amides is 4. The van der Waals surface area contributed by atoms with Crippen LogP contribution in [0.15, 0.2) is 24.3 Å². The summed E-state index contributed by atoms with van der Waals surface area (Å²) in [5, 5.41) is 5.91. The molecule has 4 amide bonds. The molecule has 4 saturated heterocycles. The first-order valence-electron chi connectivity index (χ1n) is 14.0. The lowest BCUT2D eigenvalue weighted by molar-refractivity contribution is -0.142. The van der Waals surface area contributed by atoms with Gasteiger partial charge in [-0.15, -0.1) is 0 Å². The molecule has 0 unspecified atom stereocenters. The maximum Gasteiger partial charge on any atom is 0.260 e. The van der Waals surface area contributed by atoms with Crippen LogP contribution in [-0.4, -0.2) is 107 Å². The normalized spacial score (nSPS) is 29.7. The van der Waals surface area contributed by atoms with E-state index in [1.54, 1.807) is 29.2 Å². The van der Waals surface area contributed by atoms with Crippen molar-refractivity contribution in [3.8, 4) is 5.75 Å². The predicted molar refractivity (Wildman–Crippen MR) is 141 cm³/mol. The largest absolute Gasteiger partial charge is 0.484 e. The third-order valence-corrected chi connectivity index (χ3v) is 8.29. The SMILES string of the molecule is CC(C)N1C[C@H]2C[C@H]1C(=O)N[C@@H](Cc1ccc(OCC(=O)N3CCCC3)cc1)C(=O)N1C[C@@H](F)C[C@H]1C(=O)N2. The van der Waals surface area contributed by atoms with E-state index < -0.39 is 30.2 Å². The van der Waals surface area contributed by atoms with E-state index in [-0.39, 0.29) is 55.8 Å². The van der Waals surface area contributed by atoms with Gasteiger partial charge in [-0.2, -0.15) is 0 Å². The molecule has 0 saturated carbocycles. The van der Waals surface area contributed by atoms with Gasteiger partial charge in [-0.3, -0.25) is 24.1 Å². The molecule has 2 N–H and O–H groups in total. The van der Waals surface area contributed by atoms with Crippen LogP contribution in [0.2, 0.25) is 0 Å². The molecule has 11 heteroatoms. The van der Waals surface area contributed by atoms with Crippen LogP contribution in [0.4, 0.5) is 4.39 Å². The van der Waals surface area contributed by atoms with E-state index in [1.165, 1.54) is 4.90 Å². The Morgan fingerprint density at radius 1 is 1.00 bits per heavy atom. The Morgan fingerprint density at radius 2 is 1.69 bits per heavy atom. The van der Waals surface area contributed by atoms with Crippen molar-refractivity contribution in [2.75, 3.05) is 32.8 Å². The zero-order chi connectivity index (χ0) is 27.7. The molecule has 5 rings (SSSR count).